The van der Waals surface area contributed by atoms with E-state index in [4.69, 9.17) is 11.6 Å². The highest BCUT2D eigenvalue weighted by atomic mass is 35.5. The van der Waals surface area contributed by atoms with Gasteiger partial charge in [0, 0.05) is 30.6 Å². The van der Waals surface area contributed by atoms with Crippen LogP contribution in [0, 0.1) is 6.92 Å². The molecule has 7 heteroatoms. The van der Waals surface area contributed by atoms with Gasteiger partial charge in [0.15, 0.2) is 0 Å². The van der Waals surface area contributed by atoms with Crippen LogP contribution in [0.25, 0.3) is 0 Å². The molecule has 0 atom stereocenters. The number of aliphatic imine (C=N–C) groups is 1. The van der Waals surface area contributed by atoms with E-state index in [9.17, 15) is 13.2 Å². The van der Waals surface area contributed by atoms with E-state index in [0.717, 1.165) is 43.6 Å². The number of ether oxygens (including phenoxy) is 1. The van der Waals surface area contributed by atoms with Crippen molar-refractivity contribution < 1.29 is 17.9 Å². The van der Waals surface area contributed by atoms with Crippen molar-refractivity contribution in [2.45, 2.75) is 45.5 Å². The molecule has 1 aromatic carbocycles. The third-order valence-electron chi connectivity index (χ3n) is 4.07. The summed E-state index contributed by atoms with van der Waals surface area (Å²) in [7, 11) is 0. The lowest BCUT2D eigenvalue weighted by Crippen LogP contribution is -2.32. The Kier molecular flexibility index (Phi) is 3.97. The molecule has 0 N–H and O–H groups in total. The van der Waals surface area contributed by atoms with Gasteiger partial charge in [0.1, 0.15) is 11.6 Å². The lowest BCUT2D eigenvalue weighted by Gasteiger charge is -2.31. The van der Waals surface area contributed by atoms with Crippen LogP contribution in [0.3, 0.4) is 0 Å². The Hall–Kier alpha value is -1.43. The molecule has 0 amide bonds. The van der Waals surface area contributed by atoms with Crippen molar-refractivity contribution in [2.24, 2.45) is 4.99 Å². The second-order valence-electron chi connectivity index (χ2n) is 5.62. The van der Waals surface area contributed by atoms with Gasteiger partial charge >= 0.3 is 6.36 Å². The van der Waals surface area contributed by atoms with Gasteiger partial charge in [-0.3, -0.25) is 0 Å². The molecule has 0 aromatic heterocycles. The lowest BCUT2D eigenvalue weighted by molar-refractivity contribution is -0.274. The van der Waals surface area contributed by atoms with Crippen LogP contribution in [0.4, 0.5) is 18.9 Å². The van der Waals surface area contributed by atoms with Gasteiger partial charge in [0.25, 0.3) is 0 Å². The summed E-state index contributed by atoms with van der Waals surface area (Å²) < 4.78 is 41.6. The summed E-state index contributed by atoms with van der Waals surface area (Å²) >= 11 is 6.18. The zero-order valence-electron chi connectivity index (χ0n) is 12.1. The fourth-order valence-electron chi connectivity index (χ4n) is 2.97. The van der Waals surface area contributed by atoms with Crippen molar-refractivity contribution in [2.75, 3.05) is 6.54 Å². The zero-order valence-corrected chi connectivity index (χ0v) is 12.9. The van der Waals surface area contributed by atoms with Crippen molar-refractivity contribution >= 4 is 23.1 Å². The molecule has 0 bridgehead atoms. The van der Waals surface area contributed by atoms with Crippen LogP contribution in [0.1, 0.15) is 36.8 Å². The highest BCUT2D eigenvalue weighted by molar-refractivity contribution is 6.32. The van der Waals surface area contributed by atoms with Crippen LogP contribution < -0.4 is 4.74 Å². The van der Waals surface area contributed by atoms with E-state index in [1.807, 2.05) is 0 Å². The van der Waals surface area contributed by atoms with Gasteiger partial charge in [0.2, 0.25) is 0 Å². The summed E-state index contributed by atoms with van der Waals surface area (Å²) in [6.45, 7) is 3.10. The largest absolute Gasteiger partial charge is 0.573 e. The number of hydrogen-bond donors (Lipinski definition) is 0. The maximum absolute atomic E-state index is 12.5. The highest BCUT2D eigenvalue weighted by Gasteiger charge is 2.34. The molecule has 2 heterocycles. The topological polar surface area (TPSA) is 24.8 Å². The minimum Gasteiger partial charge on any atom is -0.405 e. The van der Waals surface area contributed by atoms with Crippen LogP contribution in [0.2, 0.25) is 5.02 Å². The highest BCUT2D eigenvalue weighted by Crippen LogP contribution is 2.42. The maximum atomic E-state index is 12.5. The quantitative estimate of drug-likeness (QED) is 0.725. The molecule has 2 aliphatic heterocycles. The molecule has 0 spiro atoms. The van der Waals surface area contributed by atoms with Gasteiger partial charge in [-0.15, -0.1) is 13.2 Å². The first-order valence-corrected chi connectivity index (χ1v) is 7.63. The molecule has 1 saturated heterocycles. The third kappa shape index (κ3) is 3.02. The number of hydrogen-bond acceptors (Lipinski definition) is 3. The van der Waals surface area contributed by atoms with Crippen LogP contribution in [0.5, 0.6) is 5.75 Å². The van der Waals surface area contributed by atoms with Crippen LogP contribution in [-0.2, 0) is 6.54 Å². The number of nitrogens with zero attached hydrogens (tertiary/aromatic N) is 2. The average Bonchev–Trinajstić information content (AvgIpc) is 2.66. The Labute approximate surface area is 131 Å². The predicted octanol–water partition coefficient (Wildman–Crippen LogP) is 4.97. The summed E-state index contributed by atoms with van der Waals surface area (Å²) in [5, 5.41) is 0.270. The van der Waals surface area contributed by atoms with Gasteiger partial charge in [0.05, 0.1) is 10.7 Å². The molecule has 2 aliphatic rings. The van der Waals surface area contributed by atoms with Gasteiger partial charge in [-0.05, 0) is 25.8 Å². The Bertz CT molecular complexity index is 628. The molecule has 0 radical (unpaired) electrons. The summed E-state index contributed by atoms with van der Waals surface area (Å²) in [4.78, 5) is 6.76. The van der Waals surface area contributed by atoms with Crippen molar-refractivity contribution in [3.05, 3.63) is 22.2 Å². The number of rotatable bonds is 1. The SMILES string of the molecule is Cc1c(OC(F)(F)F)cc(Cl)c2c1N=C1CCCCCN1C2. The van der Waals surface area contributed by atoms with Crippen LogP contribution in [0.15, 0.2) is 11.1 Å². The number of fused-ring (bicyclic) bond motifs is 2. The minimum absolute atomic E-state index is 0.270. The smallest absolute Gasteiger partial charge is 0.405 e. The Morgan fingerprint density at radius 2 is 2.05 bits per heavy atom. The number of halogens is 4. The molecule has 3 rings (SSSR count). The molecule has 0 saturated carbocycles. The second kappa shape index (κ2) is 5.65. The standard InChI is InChI=1S/C15H16ClF3N2O/c1-9-12(22-15(17,18)19)7-11(16)10-8-21-6-4-2-3-5-13(21)20-14(9)10/h7H,2-6,8H2,1H3. The molecular formula is C15H16ClF3N2O. The molecular weight excluding hydrogens is 317 g/mol. The first-order chi connectivity index (χ1) is 10.3. The lowest BCUT2D eigenvalue weighted by atomic mass is 10.0. The summed E-state index contributed by atoms with van der Waals surface area (Å²) in [6, 6.07) is 1.24. The van der Waals surface area contributed by atoms with Crippen molar-refractivity contribution in [1.82, 2.24) is 4.90 Å². The fourth-order valence-corrected chi connectivity index (χ4v) is 3.21. The van der Waals surface area contributed by atoms with E-state index in [1.54, 1.807) is 6.92 Å². The van der Waals surface area contributed by atoms with Gasteiger partial charge in [-0.2, -0.15) is 0 Å². The molecule has 0 unspecified atom stereocenters. The molecule has 22 heavy (non-hydrogen) atoms. The van der Waals surface area contributed by atoms with Crippen LogP contribution in [-0.4, -0.2) is 23.6 Å². The van der Waals surface area contributed by atoms with E-state index >= 15 is 0 Å². The zero-order chi connectivity index (χ0) is 15.9. The second-order valence-corrected chi connectivity index (χ2v) is 6.02. The van der Waals surface area contributed by atoms with E-state index in [1.165, 1.54) is 6.07 Å². The molecule has 120 valence electrons. The number of amidine groups is 1. The van der Waals surface area contributed by atoms with Crippen molar-refractivity contribution in [3.63, 3.8) is 0 Å². The number of benzene rings is 1. The van der Waals surface area contributed by atoms with Gasteiger partial charge in [-0.25, -0.2) is 4.99 Å². The summed E-state index contributed by atoms with van der Waals surface area (Å²) in [5.41, 5.74) is 1.69. The Balaban J connectivity index is 2.05. The molecule has 1 fully saturated rings. The average molecular weight is 333 g/mol. The predicted molar refractivity (Wildman–Crippen MR) is 78.8 cm³/mol. The first-order valence-electron chi connectivity index (χ1n) is 7.25. The number of alkyl halides is 3. The normalized spacial score (nSPS) is 18.2. The van der Waals surface area contributed by atoms with Crippen molar-refractivity contribution in [1.29, 1.82) is 0 Å². The summed E-state index contributed by atoms with van der Waals surface area (Å²) in [6.07, 6.45) is -0.600. The van der Waals surface area contributed by atoms with Crippen molar-refractivity contribution in [3.8, 4) is 5.75 Å². The summed E-state index contributed by atoms with van der Waals surface area (Å²) in [5.74, 6) is 0.663. The van der Waals surface area contributed by atoms with E-state index in [0.29, 0.717) is 17.8 Å². The van der Waals surface area contributed by atoms with E-state index in [2.05, 4.69) is 14.6 Å². The monoisotopic (exact) mass is 332 g/mol. The van der Waals surface area contributed by atoms with E-state index in [-0.39, 0.29) is 10.8 Å². The Morgan fingerprint density at radius 1 is 1.27 bits per heavy atom. The van der Waals surface area contributed by atoms with Gasteiger partial charge < -0.3 is 9.64 Å². The first kappa shape index (κ1) is 15.5. The molecule has 1 aromatic rings. The Morgan fingerprint density at radius 3 is 2.77 bits per heavy atom. The maximum Gasteiger partial charge on any atom is 0.573 e. The van der Waals surface area contributed by atoms with Gasteiger partial charge in [-0.1, -0.05) is 18.0 Å². The minimum atomic E-state index is -4.74. The van der Waals surface area contributed by atoms with E-state index < -0.39 is 6.36 Å². The third-order valence-corrected chi connectivity index (χ3v) is 4.40. The van der Waals surface area contributed by atoms with Crippen LogP contribution >= 0.6 is 11.6 Å². The fraction of sp³-hybridized carbons (Fsp3) is 0.533. The molecule has 3 nitrogen and oxygen atoms in total. The molecule has 0 aliphatic carbocycles.